The van der Waals surface area contributed by atoms with Crippen LogP contribution in [0.2, 0.25) is 5.02 Å². The highest BCUT2D eigenvalue weighted by atomic mass is 35.5. The largest absolute Gasteiger partial charge is 0.481 e. The molecule has 0 aliphatic rings. The van der Waals surface area contributed by atoms with Crippen LogP contribution in [0.5, 0.6) is 5.75 Å². The van der Waals surface area contributed by atoms with Crippen LogP contribution < -0.4 is 4.74 Å². The number of halogens is 2. The van der Waals surface area contributed by atoms with Crippen molar-refractivity contribution in [3.05, 3.63) is 65.3 Å². The van der Waals surface area contributed by atoms with Crippen LogP contribution in [0.1, 0.15) is 5.89 Å². The van der Waals surface area contributed by atoms with Gasteiger partial charge in [0.05, 0.1) is 0 Å². The zero-order valence-electron chi connectivity index (χ0n) is 10.8. The molecule has 1 aromatic heterocycles. The van der Waals surface area contributed by atoms with Crippen molar-refractivity contribution in [2.24, 2.45) is 0 Å². The Balaban J connectivity index is 1.72. The van der Waals surface area contributed by atoms with Gasteiger partial charge < -0.3 is 9.26 Å². The predicted octanol–water partition coefficient (Wildman–Crippen LogP) is 4.11. The molecule has 0 fully saturated rings. The highest BCUT2D eigenvalue weighted by molar-refractivity contribution is 6.30. The number of rotatable bonds is 4. The summed E-state index contributed by atoms with van der Waals surface area (Å²) in [5.41, 5.74) is 0.739. The van der Waals surface area contributed by atoms with Gasteiger partial charge >= 0.3 is 0 Å². The highest BCUT2D eigenvalue weighted by Gasteiger charge is 2.10. The van der Waals surface area contributed by atoms with Crippen LogP contribution in [0.3, 0.4) is 0 Å². The lowest BCUT2D eigenvalue weighted by Gasteiger charge is -2.03. The summed E-state index contributed by atoms with van der Waals surface area (Å²) in [6.07, 6.45) is 0. The van der Waals surface area contributed by atoms with Crippen LogP contribution in [0.25, 0.3) is 11.4 Å². The summed E-state index contributed by atoms with van der Waals surface area (Å²) in [5, 5.41) is 4.43. The van der Waals surface area contributed by atoms with Crippen molar-refractivity contribution in [1.29, 1.82) is 0 Å². The van der Waals surface area contributed by atoms with Crippen molar-refractivity contribution in [3.63, 3.8) is 0 Å². The molecule has 3 aromatic rings. The molecule has 0 N–H and O–H groups in total. The second-order valence-corrected chi connectivity index (χ2v) is 4.68. The van der Waals surface area contributed by atoms with E-state index in [1.807, 2.05) is 6.07 Å². The fourth-order valence-electron chi connectivity index (χ4n) is 1.76. The van der Waals surface area contributed by atoms with Crippen LogP contribution in [-0.2, 0) is 6.61 Å². The van der Waals surface area contributed by atoms with E-state index >= 15 is 0 Å². The Labute approximate surface area is 125 Å². The van der Waals surface area contributed by atoms with Gasteiger partial charge in [-0.1, -0.05) is 41.0 Å². The zero-order chi connectivity index (χ0) is 14.7. The number of aromatic nitrogens is 2. The van der Waals surface area contributed by atoms with E-state index in [1.54, 1.807) is 30.3 Å². The lowest BCUT2D eigenvalue weighted by Crippen LogP contribution is -1.97. The highest BCUT2D eigenvalue weighted by Crippen LogP contribution is 2.21. The van der Waals surface area contributed by atoms with E-state index in [0.29, 0.717) is 10.8 Å². The molecule has 2 aromatic carbocycles. The standard InChI is InChI=1S/C15H10ClFN2O2/c16-11-5-3-4-10(8-11)15-18-14(21-19-15)9-20-13-7-2-1-6-12(13)17/h1-8H,9H2. The summed E-state index contributed by atoms with van der Waals surface area (Å²) in [6, 6.07) is 13.2. The van der Waals surface area contributed by atoms with Gasteiger partial charge in [-0.15, -0.1) is 0 Å². The van der Waals surface area contributed by atoms with Crippen LogP contribution in [0.15, 0.2) is 53.1 Å². The second kappa shape index (κ2) is 5.93. The third-order valence-electron chi connectivity index (χ3n) is 2.74. The Hall–Kier alpha value is -2.40. The van der Waals surface area contributed by atoms with Crippen LogP contribution in [0.4, 0.5) is 4.39 Å². The lowest BCUT2D eigenvalue weighted by molar-refractivity contribution is 0.234. The van der Waals surface area contributed by atoms with Crippen molar-refractivity contribution in [2.75, 3.05) is 0 Å². The summed E-state index contributed by atoms with van der Waals surface area (Å²) < 4.78 is 23.8. The number of ether oxygens (including phenoxy) is 1. The van der Waals surface area contributed by atoms with E-state index in [1.165, 1.54) is 12.1 Å². The average molecular weight is 305 g/mol. The first-order valence-corrected chi connectivity index (χ1v) is 6.56. The predicted molar refractivity (Wildman–Crippen MR) is 75.5 cm³/mol. The first-order chi connectivity index (χ1) is 10.2. The molecule has 106 valence electrons. The third-order valence-corrected chi connectivity index (χ3v) is 2.97. The summed E-state index contributed by atoms with van der Waals surface area (Å²) in [5.74, 6) is 0.366. The van der Waals surface area contributed by atoms with E-state index in [-0.39, 0.29) is 18.2 Å². The minimum atomic E-state index is -0.438. The molecule has 6 heteroatoms. The molecule has 0 atom stereocenters. The van der Waals surface area contributed by atoms with E-state index in [2.05, 4.69) is 10.1 Å². The first-order valence-electron chi connectivity index (χ1n) is 6.18. The molecule has 0 aliphatic carbocycles. The van der Waals surface area contributed by atoms with E-state index in [4.69, 9.17) is 20.9 Å². The number of hydrogen-bond donors (Lipinski definition) is 0. The van der Waals surface area contributed by atoms with Gasteiger partial charge in [0.25, 0.3) is 5.89 Å². The second-order valence-electron chi connectivity index (χ2n) is 4.24. The maximum absolute atomic E-state index is 13.4. The third kappa shape index (κ3) is 3.20. The summed E-state index contributed by atoms with van der Waals surface area (Å²) >= 11 is 5.91. The summed E-state index contributed by atoms with van der Waals surface area (Å²) in [7, 11) is 0. The molecular weight excluding hydrogens is 295 g/mol. The van der Waals surface area contributed by atoms with E-state index in [0.717, 1.165) is 5.56 Å². The fourth-order valence-corrected chi connectivity index (χ4v) is 1.95. The van der Waals surface area contributed by atoms with Crippen molar-refractivity contribution in [3.8, 4) is 17.1 Å². The molecule has 0 amide bonds. The Morgan fingerprint density at radius 1 is 1.14 bits per heavy atom. The van der Waals surface area contributed by atoms with Crippen molar-refractivity contribution in [1.82, 2.24) is 10.1 Å². The quantitative estimate of drug-likeness (QED) is 0.728. The molecule has 0 spiro atoms. The first kappa shape index (κ1) is 13.6. The topological polar surface area (TPSA) is 48.2 Å². The smallest absolute Gasteiger partial charge is 0.264 e. The van der Waals surface area contributed by atoms with E-state index in [9.17, 15) is 4.39 Å². The van der Waals surface area contributed by atoms with Gasteiger partial charge in [0.1, 0.15) is 0 Å². The molecule has 0 unspecified atom stereocenters. The average Bonchev–Trinajstić information content (AvgIpc) is 2.95. The van der Waals surface area contributed by atoms with Gasteiger partial charge in [0, 0.05) is 10.6 Å². The molecule has 0 bridgehead atoms. The van der Waals surface area contributed by atoms with Gasteiger partial charge in [-0.25, -0.2) is 4.39 Å². The maximum atomic E-state index is 13.4. The number of nitrogens with zero attached hydrogens (tertiary/aromatic N) is 2. The molecule has 4 nitrogen and oxygen atoms in total. The van der Waals surface area contributed by atoms with Gasteiger partial charge in [-0.3, -0.25) is 0 Å². The van der Waals surface area contributed by atoms with Gasteiger partial charge in [-0.05, 0) is 24.3 Å². The van der Waals surface area contributed by atoms with E-state index < -0.39 is 5.82 Å². The Kier molecular flexibility index (Phi) is 3.83. The fraction of sp³-hybridized carbons (Fsp3) is 0.0667. The molecule has 3 rings (SSSR count). The Bertz CT molecular complexity index is 761. The number of benzene rings is 2. The van der Waals surface area contributed by atoms with Crippen molar-refractivity contribution in [2.45, 2.75) is 6.61 Å². The van der Waals surface area contributed by atoms with Crippen molar-refractivity contribution >= 4 is 11.6 Å². The van der Waals surface area contributed by atoms with Gasteiger partial charge in [0.2, 0.25) is 5.82 Å². The van der Waals surface area contributed by atoms with Crippen LogP contribution in [-0.4, -0.2) is 10.1 Å². The molecular formula is C15H10ClFN2O2. The molecule has 1 heterocycles. The summed E-state index contributed by atoms with van der Waals surface area (Å²) in [6.45, 7) is -0.00546. The number of hydrogen-bond acceptors (Lipinski definition) is 4. The van der Waals surface area contributed by atoms with Crippen LogP contribution in [0, 0.1) is 5.82 Å². The van der Waals surface area contributed by atoms with Crippen molar-refractivity contribution < 1.29 is 13.7 Å². The molecule has 0 radical (unpaired) electrons. The Morgan fingerprint density at radius 3 is 2.81 bits per heavy atom. The van der Waals surface area contributed by atoms with Crippen LogP contribution >= 0.6 is 11.6 Å². The number of para-hydroxylation sites is 1. The minimum Gasteiger partial charge on any atom is -0.481 e. The SMILES string of the molecule is Fc1ccccc1OCc1nc(-c2cccc(Cl)c2)no1. The normalized spacial score (nSPS) is 10.6. The monoisotopic (exact) mass is 304 g/mol. The molecule has 0 saturated carbocycles. The maximum Gasteiger partial charge on any atom is 0.264 e. The minimum absolute atomic E-state index is 0.00546. The van der Waals surface area contributed by atoms with Gasteiger partial charge in [0.15, 0.2) is 18.2 Å². The zero-order valence-corrected chi connectivity index (χ0v) is 11.5. The lowest BCUT2D eigenvalue weighted by atomic mass is 10.2. The Morgan fingerprint density at radius 2 is 2.00 bits per heavy atom. The summed E-state index contributed by atoms with van der Waals surface area (Å²) in [4.78, 5) is 4.18. The molecule has 21 heavy (non-hydrogen) atoms. The van der Waals surface area contributed by atoms with Gasteiger partial charge in [-0.2, -0.15) is 4.98 Å². The molecule has 0 saturated heterocycles. The molecule has 0 aliphatic heterocycles.